The molecule has 0 spiro atoms. The highest BCUT2D eigenvalue weighted by atomic mass is 16.7. The number of carbonyl (C=O) groups is 1. The van der Waals surface area contributed by atoms with Gasteiger partial charge in [-0.05, 0) is 12.5 Å². The molecule has 0 aliphatic rings. The molecule has 0 fully saturated rings. The summed E-state index contributed by atoms with van der Waals surface area (Å²) in [5.74, 6) is -0.225. The number of hydrogen-bond donors (Lipinski definition) is 0. The number of aryl methyl sites for hydroxylation is 1. The van der Waals surface area contributed by atoms with Crippen LogP contribution in [0.25, 0.3) is 4.85 Å². The SMILES string of the molecule is [C-]#[N+]c1ccc(C(=O)N(C)OC)cc1C. The Balaban J connectivity index is 3.04. The van der Waals surface area contributed by atoms with E-state index in [-0.39, 0.29) is 5.91 Å². The van der Waals surface area contributed by atoms with E-state index in [1.165, 1.54) is 7.11 Å². The molecule has 0 bridgehead atoms. The van der Waals surface area contributed by atoms with Crippen molar-refractivity contribution in [2.75, 3.05) is 14.2 Å². The Morgan fingerprint density at radius 1 is 1.53 bits per heavy atom. The molecule has 0 aliphatic heterocycles. The van der Waals surface area contributed by atoms with Gasteiger partial charge in [0.25, 0.3) is 5.91 Å². The molecular formula is C11H12N2O2. The van der Waals surface area contributed by atoms with E-state index in [0.29, 0.717) is 11.3 Å². The van der Waals surface area contributed by atoms with Crippen molar-refractivity contribution in [1.82, 2.24) is 5.06 Å². The second-order valence-electron chi connectivity index (χ2n) is 3.10. The first-order valence-corrected chi connectivity index (χ1v) is 4.40. The van der Waals surface area contributed by atoms with Gasteiger partial charge in [0.2, 0.25) is 0 Å². The lowest BCUT2D eigenvalue weighted by Gasteiger charge is -2.13. The van der Waals surface area contributed by atoms with E-state index in [2.05, 4.69) is 4.85 Å². The minimum Gasteiger partial charge on any atom is -0.274 e. The lowest BCUT2D eigenvalue weighted by Crippen LogP contribution is -2.25. The maximum absolute atomic E-state index is 11.7. The van der Waals surface area contributed by atoms with Gasteiger partial charge in [-0.25, -0.2) is 9.91 Å². The third-order valence-corrected chi connectivity index (χ3v) is 2.12. The average molecular weight is 204 g/mol. The number of nitrogens with zero attached hydrogens (tertiary/aromatic N) is 2. The molecule has 15 heavy (non-hydrogen) atoms. The third-order valence-electron chi connectivity index (χ3n) is 2.12. The number of benzene rings is 1. The molecule has 0 unspecified atom stereocenters. The highest BCUT2D eigenvalue weighted by Crippen LogP contribution is 2.20. The van der Waals surface area contributed by atoms with Crippen LogP contribution in [0, 0.1) is 13.5 Å². The molecule has 0 heterocycles. The van der Waals surface area contributed by atoms with Crippen molar-refractivity contribution < 1.29 is 9.63 Å². The van der Waals surface area contributed by atoms with Gasteiger partial charge < -0.3 is 0 Å². The van der Waals surface area contributed by atoms with E-state index in [0.717, 1.165) is 10.6 Å². The van der Waals surface area contributed by atoms with Gasteiger partial charge in [0.1, 0.15) is 0 Å². The average Bonchev–Trinajstić information content (AvgIpc) is 2.26. The summed E-state index contributed by atoms with van der Waals surface area (Å²) in [7, 11) is 2.97. The molecule has 78 valence electrons. The maximum Gasteiger partial charge on any atom is 0.277 e. The van der Waals surface area contributed by atoms with Crippen LogP contribution in [0.5, 0.6) is 0 Å². The van der Waals surface area contributed by atoms with Crippen LogP contribution in [0.1, 0.15) is 15.9 Å². The highest BCUT2D eigenvalue weighted by Gasteiger charge is 2.11. The molecule has 1 aromatic rings. The second kappa shape index (κ2) is 4.58. The van der Waals surface area contributed by atoms with Crippen LogP contribution < -0.4 is 0 Å². The first kappa shape index (κ1) is 11.2. The highest BCUT2D eigenvalue weighted by molar-refractivity contribution is 5.94. The molecule has 1 rings (SSSR count). The molecule has 4 nitrogen and oxygen atoms in total. The molecule has 0 aliphatic carbocycles. The summed E-state index contributed by atoms with van der Waals surface area (Å²) in [4.78, 5) is 19.8. The van der Waals surface area contributed by atoms with E-state index < -0.39 is 0 Å². The van der Waals surface area contributed by atoms with Crippen LogP contribution in [0.4, 0.5) is 5.69 Å². The summed E-state index contributed by atoms with van der Waals surface area (Å²) in [6.07, 6.45) is 0. The predicted molar refractivity (Wildman–Crippen MR) is 56.5 cm³/mol. The van der Waals surface area contributed by atoms with Crippen molar-refractivity contribution in [1.29, 1.82) is 0 Å². The largest absolute Gasteiger partial charge is 0.277 e. The summed E-state index contributed by atoms with van der Waals surface area (Å²) < 4.78 is 0. The van der Waals surface area contributed by atoms with Crippen molar-refractivity contribution in [3.8, 4) is 0 Å². The zero-order valence-corrected chi connectivity index (χ0v) is 8.94. The Bertz CT molecular complexity index is 421. The van der Waals surface area contributed by atoms with Crippen LogP contribution in [0.15, 0.2) is 18.2 Å². The van der Waals surface area contributed by atoms with Gasteiger partial charge in [-0.1, -0.05) is 18.2 Å². The topological polar surface area (TPSA) is 33.9 Å². The summed E-state index contributed by atoms with van der Waals surface area (Å²) in [5.41, 5.74) is 1.87. The number of carbonyl (C=O) groups excluding carboxylic acids is 1. The van der Waals surface area contributed by atoms with E-state index >= 15 is 0 Å². The fourth-order valence-electron chi connectivity index (χ4n) is 1.18. The van der Waals surface area contributed by atoms with Crippen LogP contribution in [0.3, 0.4) is 0 Å². The van der Waals surface area contributed by atoms with Crippen molar-refractivity contribution in [3.05, 3.63) is 40.7 Å². The normalized spacial score (nSPS) is 9.47. The molecule has 0 saturated heterocycles. The number of amides is 1. The van der Waals surface area contributed by atoms with E-state index in [9.17, 15) is 4.79 Å². The lowest BCUT2D eigenvalue weighted by molar-refractivity contribution is -0.0757. The Morgan fingerprint density at radius 3 is 2.67 bits per heavy atom. The minimum absolute atomic E-state index is 0.225. The summed E-state index contributed by atoms with van der Waals surface area (Å²) in [5, 5.41) is 1.15. The Hall–Kier alpha value is -1.86. The van der Waals surface area contributed by atoms with Crippen LogP contribution >= 0.6 is 0 Å². The van der Waals surface area contributed by atoms with E-state index in [1.807, 2.05) is 0 Å². The monoisotopic (exact) mass is 204 g/mol. The van der Waals surface area contributed by atoms with Crippen molar-refractivity contribution in [2.24, 2.45) is 0 Å². The fourth-order valence-corrected chi connectivity index (χ4v) is 1.18. The van der Waals surface area contributed by atoms with Crippen LogP contribution in [-0.4, -0.2) is 25.1 Å². The van der Waals surface area contributed by atoms with E-state index in [1.54, 1.807) is 32.2 Å². The van der Waals surface area contributed by atoms with Gasteiger partial charge in [-0.2, -0.15) is 0 Å². The van der Waals surface area contributed by atoms with Gasteiger partial charge in [0.05, 0.1) is 13.7 Å². The standard InChI is InChI=1S/C11H12N2O2/c1-8-7-9(5-6-10(8)12-2)11(14)13(3)15-4/h5-7H,1,3-4H3. The molecule has 0 radical (unpaired) electrons. The van der Waals surface area contributed by atoms with E-state index in [4.69, 9.17) is 11.4 Å². The lowest BCUT2D eigenvalue weighted by atomic mass is 10.1. The fraction of sp³-hybridized carbons (Fsp3) is 0.273. The second-order valence-corrected chi connectivity index (χ2v) is 3.10. The first-order valence-electron chi connectivity index (χ1n) is 4.40. The quantitative estimate of drug-likeness (QED) is 0.546. The molecule has 0 atom stereocenters. The number of hydrogen-bond acceptors (Lipinski definition) is 2. The Kier molecular flexibility index (Phi) is 3.42. The van der Waals surface area contributed by atoms with Crippen LogP contribution in [-0.2, 0) is 4.84 Å². The Labute approximate surface area is 88.8 Å². The molecule has 0 aromatic heterocycles. The summed E-state index contributed by atoms with van der Waals surface area (Å²) in [6, 6.07) is 4.95. The zero-order valence-electron chi connectivity index (χ0n) is 8.94. The minimum atomic E-state index is -0.225. The third kappa shape index (κ3) is 2.33. The van der Waals surface area contributed by atoms with Crippen LogP contribution in [0.2, 0.25) is 0 Å². The first-order chi connectivity index (χ1) is 7.10. The van der Waals surface area contributed by atoms with Gasteiger partial charge in [-0.3, -0.25) is 9.63 Å². The molecular weight excluding hydrogens is 192 g/mol. The summed E-state index contributed by atoms with van der Waals surface area (Å²) in [6.45, 7) is 8.69. The molecule has 1 amide bonds. The predicted octanol–water partition coefficient (Wildman–Crippen LogP) is 2.18. The Morgan fingerprint density at radius 2 is 2.20 bits per heavy atom. The van der Waals surface area contributed by atoms with Crippen molar-refractivity contribution in [2.45, 2.75) is 6.92 Å². The number of hydroxylamine groups is 2. The zero-order chi connectivity index (χ0) is 11.4. The molecule has 4 heteroatoms. The smallest absolute Gasteiger partial charge is 0.274 e. The van der Waals surface area contributed by atoms with Gasteiger partial charge in [-0.15, -0.1) is 0 Å². The number of rotatable bonds is 2. The van der Waals surface area contributed by atoms with Gasteiger partial charge >= 0.3 is 0 Å². The molecule has 0 N–H and O–H groups in total. The van der Waals surface area contributed by atoms with Crippen molar-refractivity contribution in [3.63, 3.8) is 0 Å². The molecule has 1 aromatic carbocycles. The molecule has 0 saturated carbocycles. The van der Waals surface area contributed by atoms with Crippen molar-refractivity contribution >= 4 is 11.6 Å². The van der Waals surface area contributed by atoms with Gasteiger partial charge in [0.15, 0.2) is 5.69 Å². The summed E-state index contributed by atoms with van der Waals surface area (Å²) >= 11 is 0. The maximum atomic E-state index is 11.7. The van der Waals surface area contributed by atoms with Gasteiger partial charge in [0, 0.05) is 12.6 Å².